The molecule has 0 atom stereocenters. The fourth-order valence-electron chi connectivity index (χ4n) is 4.41. The molecule has 2 amide bonds. The number of hydrogen-bond donors (Lipinski definition) is 2. The maximum atomic E-state index is 13.4. The van der Waals surface area contributed by atoms with Crippen LogP contribution in [0.15, 0.2) is 59.6 Å². The van der Waals surface area contributed by atoms with Crippen molar-refractivity contribution in [2.75, 3.05) is 71.5 Å². The van der Waals surface area contributed by atoms with Gasteiger partial charge in [-0.25, -0.2) is 0 Å². The molecular weight excluding hydrogens is 488 g/mol. The van der Waals surface area contributed by atoms with Crippen LogP contribution in [0.25, 0.3) is 0 Å². The van der Waals surface area contributed by atoms with Crippen molar-refractivity contribution in [3.05, 3.63) is 65.1 Å². The summed E-state index contributed by atoms with van der Waals surface area (Å²) < 4.78 is 8.62. The highest BCUT2D eigenvalue weighted by Gasteiger charge is 2.30. The van der Waals surface area contributed by atoms with E-state index in [0.29, 0.717) is 57.1 Å². The highest BCUT2D eigenvalue weighted by molar-refractivity contribution is 7.99. The number of allylic oxidation sites excluding steroid dienone is 2. The largest absolute Gasteiger partial charge is 0.377 e. The van der Waals surface area contributed by atoms with Gasteiger partial charge in [-0.3, -0.25) is 14.6 Å². The summed E-state index contributed by atoms with van der Waals surface area (Å²) in [5.41, 5.74) is 8.35. The SMILES string of the molecule is C=C(C1=CCOCC1)N(C)N/C(CC)=C(\C(=O)N(C)C)N1CCN(C(=O)c2ccccc2NSC)CC1. The minimum absolute atomic E-state index is 0.00382. The highest BCUT2D eigenvalue weighted by atomic mass is 32.2. The molecule has 3 rings (SSSR count). The number of hydrogen-bond acceptors (Lipinski definition) is 8. The van der Waals surface area contributed by atoms with E-state index in [1.165, 1.54) is 11.9 Å². The molecule has 202 valence electrons. The molecule has 37 heavy (non-hydrogen) atoms. The van der Waals surface area contributed by atoms with Crippen LogP contribution in [0.3, 0.4) is 0 Å². The van der Waals surface area contributed by atoms with Gasteiger partial charge in [0.15, 0.2) is 0 Å². The van der Waals surface area contributed by atoms with E-state index in [2.05, 4.69) is 21.6 Å². The van der Waals surface area contributed by atoms with Gasteiger partial charge in [0.1, 0.15) is 5.70 Å². The van der Waals surface area contributed by atoms with Crippen molar-refractivity contribution in [2.24, 2.45) is 0 Å². The predicted molar refractivity (Wildman–Crippen MR) is 151 cm³/mol. The Morgan fingerprint density at radius 3 is 2.38 bits per heavy atom. The number of para-hydroxylation sites is 1. The second-order valence-corrected chi connectivity index (χ2v) is 9.80. The fourth-order valence-corrected chi connectivity index (χ4v) is 4.81. The number of amides is 2. The zero-order valence-electron chi connectivity index (χ0n) is 22.7. The van der Waals surface area contributed by atoms with Gasteiger partial charge in [-0.15, -0.1) is 0 Å². The van der Waals surface area contributed by atoms with Gasteiger partial charge in [0, 0.05) is 53.6 Å². The van der Waals surface area contributed by atoms with Gasteiger partial charge >= 0.3 is 0 Å². The van der Waals surface area contributed by atoms with E-state index in [-0.39, 0.29) is 11.8 Å². The Labute approximate surface area is 225 Å². The maximum absolute atomic E-state index is 13.4. The number of ether oxygens (including phenoxy) is 1. The quantitative estimate of drug-likeness (QED) is 0.272. The Balaban J connectivity index is 1.78. The van der Waals surface area contributed by atoms with Gasteiger partial charge < -0.3 is 29.6 Å². The average Bonchev–Trinajstić information content (AvgIpc) is 2.93. The van der Waals surface area contributed by atoms with Gasteiger partial charge in [-0.2, -0.15) is 0 Å². The summed E-state index contributed by atoms with van der Waals surface area (Å²) in [5.74, 6) is -0.0705. The normalized spacial score (nSPS) is 16.4. The summed E-state index contributed by atoms with van der Waals surface area (Å²) in [6.45, 7) is 9.75. The van der Waals surface area contributed by atoms with E-state index in [9.17, 15) is 9.59 Å². The molecule has 0 bridgehead atoms. The molecule has 2 aliphatic rings. The number of benzene rings is 1. The van der Waals surface area contributed by atoms with Crippen molar-refractivity contribution >= 4 is 29.4 Å². The summed E-state index contributed by atoms with van der Waals surface area (Å²) in [6, 6.07) is 7.56. The number of rotatable bonds is 10. The number of likely N-dealkylation sites (N-methyl/N-ethyl adjacent to an activating group) is 2. The maximum Gasteiger partial charge on any atom is 0.271 e. The number of hydrazine groups is 1. The lowest BCUT2D eigenvalue weighted by atomic mass is 10.1. The molecule has 1 aromatic rings. The Morgan fingerprint density at radius 2 is 1.78 bits per heavy atom. The highest BCUT2D eigenvalue weighted by Crippen LogP contribution is 2.23. The first-order chi connectivity index (χ1) is 17.8. The molecule has 0 spiro atoms. The van der Waals surface area contributed by atoms with Gasteiger partial charge in [-0.1, -0.05) is 43.7 Å². The molecule has 1 fully saturated rings. The van der Waals surface area contributed by atoms with E-state index in [1.54, 1.807) is 19.0 Å². The summed E-state index contributed by atoms with van der Waals surface area (Å²) >= 11 is 1.46. The summed E-state index contributed by atoms with van der Waals surface area (Å²) in [6.07, 6.45) is 5.43. The van der Waals surface area contributed by atoms with Crippen LogP contribution in [-0.2, 0) is 9.53 Å². The van der Waals surface area contributed by atoms with Crippen LogP contribution in [0, 0.1) is 0 Å². The third kappa shape index (κ3) is 7.01. The fraction of sp³-hybridized carbons (Fsp3) is 0.481. The van der Waals surface area contributed by atoms with Gasteiger partial charge in [-0.05, 0) is 30.5 Å². The van der Waals surface area contributed by atoms with Crippen molar-refractivity contribution in [3.8, 4) is 0 Å². The van der Waals surface area contributed by atoms with Crippen LogP contribution < -0.4 is 10.1 Å². The second kappa shape index (κ2) is 13.4. The van der Waals surface area contributed by atoms with Gasteiger partial charge in [0.05, 0.1) is 35.9 Å². The van der Waals surface area contributed by atoms with Crippen molar-refractivity contribution in [3.63, 3.8) is 0 Å². The van der Waals surface area contributed by atoms with E-state index in [4.69, 9.17) is 4.74 Å². The third-order valence-electron chi connectivity index (χ3n) is 6.54. The number of anilines is 1. The molecule has 2 N–H and O–H groups in total. The first-order valence-corrected chi connectivity index (χ1v) is 13.8. The molecule has 0 aliphatic carbocycles. The Hall–Kier alpha value is -3.11. The number of piperazine rings is 1. The molecule has 9 nitrogen and oxygen atoms in total. The molecule has 1 aromatic carbocycles. The Morgan fingerprint density at radius 1 is 1.11 bits per heavy atom. The van der Waals surface area contributed by atoms with E-state index < -0.39 is 0 Å². The van der Waals surface area contributed by atoms with Crippen molar-refractivity contribution in [1.29, 1.82) is 0 Å². The molecule has 0 aromatic heterocycles. The van der Waals surface area contributed by atoms with Gasteiger partial charge in [0.2, 0.25) is 0 Å². The smallest absolute Gasteiger partial charge is 0.271 e. The summed E-state index contributed by atoms with van der Waals surface area (Å²) in [5, 5.41) is 1.88. The Kier molecular flexibility index (Phi) is 10.3. The van der Waals surface area contributed by atoms with Crippen LogP contribution in [0.1, 0.15) is 30.1 Å². The predicted octanol–water partition coefficient (Wildman–Crippen LogP) is 3.14. The zero-order chi connectivity index (χ0) is 26.9. The number of carbonyl (C=O) groups is 2. The van der Waals surface area contributed by atoms with E-state index >= 15 is 0 Å². The van der Waals surface area contributed by atoms with Crippen molar-refractivity contribution < 1.29 is 14.3 Å². The topological polar surface area (TPSA) is 80.4 Å². The standard InChI is InChI=1S/C27H40N6O3S/c1-7-23(28-31(5)20(2)21-12-18-36-19-13-21)25(27(35)30(3)4)32-14-16-33(17-15-32)26(34)22-10-8-9-11-24(22)29-37-6/h8-12,28-29H,2,7,13-19H2,1,3-6H3/b25-23+. The van der Waals surface area contributed by atoms with Gasteiger partial charge in [0.25, 0.3) is 11.8 Å². The lowest BCUT2D eigenvalue weighted by Gasteiger charge is -2.39. The monoisotopic (exact) mass is 528 g/mol. The van der Waals surface area contributed by atoms with Crippen molar-refractivity contribution in [2.45, 2.75) is 19.8 Å². The number of nitrogens with zero attached hydrogens (tertiary/aromatic N) is 4. The van der Waals surface area contributed by atoms with Crippen LogP contribution >= 0.6 is 11.9 Å². The van der Waals surface area contributed by atoms with Crippen LogP contribution in [0.5, 0.6) is 0 Å². The molecule has 0 radical (unpaired) electrons. The Bertz CT molecular complexity index is 1050. The molecule has 0 saturated carbocycles. The molecule has 10 heteroatoms. The average molecular weight is 529 g/mol. The molecule has 1 saturated heterocycles. The van der Waals surface area contributed by atoms with Crippen LogP contribution in [-0.4, -0.2) is 98.3 Å². The minimum Gasteiger partial charge on any atom is -0.377 e. The second-order valence-electron chi connectivity index (χ2n) is 9.18. The summed E-state index contributed by atoms with van der Waals surface area (Å²) in [7, 11) is 5.45. The third-order valence-corrected chi connectivity index (χ3v) is 6.97. The zero-order valence-corrected chi connectivity index (χ0v) is 23.5. The molecular formula is C27H40N6O3S. The molecule has 2 heterocycles. The number of carbonyl (C=O) groups excluding carboxylic acids is 2. The molecule has 2 aliphatic heterocycles. The lowest BCUT2D eigenvalue weighted by Crippen LogP contribution is -2.51. The van der Waals surface area contributed by atoms with Crippen LogP contribution in [0.2, 0.25) is 0 Å². The summed E-state index contributed by atoms with van der Waals surface area (Å²) in [4.78, 5) is 32.2. The van der Waals surface area contributed by atoms with Crippen LogP contribution in [0.4, 0.5) is 5.69 Å². The minimum atomic E-state index is -0.0667. The van der Waals surface area contributed by atoms with E-state index in [0.717, 1.165) is 29.1 Å². The van der Waals surface area contributed by atoms with Crippen molar-refractivity contribution in [1.82, 2.24) is 25.1 Å². The first kappa shape index (κ1) is 28.5. The molecule has 0 unspecified atom stereocenters. The number of nitrogens with one attached hydrogen (secondary N) is 2. The van der Waals surface area contributed by atoms with E-state index in [1.807, 2.05) is 60.5 Å². The lowest BCUT2D eigenvalue weighted by molar-refractivity contribution is -0.126. The first-order valence-electron chi connectivity index (χ1n) is 12.6.